The number of anilines is 1. The normalized spacial score (nSPS) is 14.4. The van der Waals surface area contributed by atoms with Crippen molar-refractivity contribution in [2.75, 3.05) is 5.32 Å². The van der Waals surface area contributed by atoms with Crippen LogP contribution in [0.3, 0.4) is 0 Å². The Morgan fingerprint density at radius 3 is 2.87 bits per heavy atom. The maximum Gasteiger partial charge on any atom is 0.277 e. The van der Waals surface area contributed by atoms with E-state index in [4.69, 9.17) is 4.42 Å². The predicted octanol–water partition coefficient (Wildman–Crippen LogP) is 4.98. The van der Waals surface area contributed by atoms with Gasteiger partial charge < -0.3 is 9.73 Å². The van der Waals surface area contributed by atoms with Gasteiger partial charge in [-0.25, -0.2) is 0 Å². The maximum absolute atomic E-state index is 12.7. The Hall–Kier alpha value is -2.63. The van der Waals surface area contributed by atoms with Gasteiger partial charge in [0.1, 0.15) is 11.1 Å². The molecule has 1 aliphatic carbocycles. The second-order valence-corrected chi connectivity index (χ2v) is 9.65. The van der Waals surface area contributed by atoms with E-state index < -0.39 is 5.25 Å². The highest BCUT2D eigenvalue weighted by Gasteiger charge is 2.24. The van der Waals surface area contributed by atoms with E-state index in [0.29, 0.717) is 28.1 Å². The zero-order valence-corrected chi connectivity index (χ0v) is 18.3. The van der Waals surface area contributed by atoms with Crippen molar-refractivity contribution in [1.29, 1.82) is 5.26 Å². The van der Waals surface area contributed by atoms with Crippen LogP contribution in [0, 0.1) is 11.3 Å². The predicted molar refractivity (Wildman–Crippen MR) is 118 cm³/mol. The molecule has 0 unspecified atom stereocenters. The minimum absolute atomic E-state index is 0.171. The smallest absolute Gasteiger partial charge is 0.277 e. The van der Waals surface area contributed by atoms with E-state index in [2.05, 4.69) is 21.6 Å². The molecule has 0 saturated heterocycles. The molecule has 0 fully saturated rings. The largest absolute Gasteiger partial charge is 0.416 e. The highest BCUT2D eigenvalue weighted by Crippen LogP contribution is 2.37. The molecule has 8 heteroatoms. The molecule has 3 aromatic rings. The maximum atomic E-state index is 12.7. The van der Waals surface area contributed by atoms with Gasteiger partial charge in [0.15, 0.2) is 0 Å². The quantitative estimate of drug-likeness (QED) is 0.431. The number of rotatable bonds is 6. The van der Waals surface area contributed by atoms with E-state index >= 15 is 0 Å². The third-order valence-corrected chi connectivity index (χ3v) is 7.20. The van der Waals surface area contributed by atoms with Gasteiger partial charge in [-0.05, 0) is 43.7 Å². The number of aryl methyl sites for hydroxylation is 1. The van der Waals surface area contributed by atoms with Gasteiger partial charge in [-0.3, -0.25) is 4.79 Å². The molecular formula is C22H22N4O2S2. The summed E-state index contributed by atoms with van der Waals surface area (Å²) in [5.74, 6) is 0.348. The average Bonchev–Trinajstić information content (AvgIpc) is 3.24. The van der Waals surface area contributed by atoms with E-state index in [1.165, 1.54) is 23.1 Å². The Bertz CT molecular complexity index is 1070. The molecule has 0 saturated carbocycles. The molecule has 0 radical (unpaired) electrons. The first-order valence-corrected chi connectivity index (χ1v) is 11.7. The molecule has 1 amide bonds. The Morgan fingerprint density at radius 1 is 1.27 bits per heavy atom. The van der Waals surface area contributed by atoms with Gasteiger partial charge in [0, 0.05) is 4.88 Å². The Labute approximate surface area is 183 Å². The number of amides is 1. The molecule has 2 aromatic heterocycles. The molecule has 1 N–H and O–H groups in total. The third-order valence-electron chi connectivity index (χ3n) is 5.06. The first-order chi connectivity index (χ1) is 14.6. The number of nitrogens with one attached hydrogen (secondary N) is 1. The summed E-state index contributed by atoms with van der Waals surface area (Å²) in [6.45, 7) is 1.80. The summed E-state index contributed by atoms with van der Waals surface area (Å²) in [6, 6.07) is 12.2. The second kappa shape index (κ2) is 9.45. The van der Waals surface area contributed by atoms with E-state index in [1.54, 1.807) is 18.3 Å². The number of carbonyl (C=O) groups excluding carboxylic acids is 1. The topological polar surface area (TPSA) is 91.8 Å². The molecule has 0 spiro atoms. The van der Waals surface area contributed by atoms with Crippen molar-refractivity contribution >= 4 is 34.0 Å². The van der Waals surface area contributed by atoms with Crippen LogP contribution >= 0.6 is 23.1 Å². The van der Waals surface area contributed by atoms with Crippen LogP contribution in [0.5, 0.6) is 0 Å². The molecule has 2 heterocycles. The van der Waals surface area contributed by atoms with E-state index in [9.17, 15) is 10.1 Å². The second-order valence-electron chi connectivity index (χ2n) is 7.25. The molecule has 154 valence electrons. The summed E-state index contributed by atoms with van der Waals surface area (Å²) < 4.78 is 5.69. The van der Waals surface area contributed by atoms with Gasteiger partial charge in [-0.2, -0.15) is 5.26 Å². The fourth-order valence-electron chi connectivity index (χ4n) is 3.50. The number of thiophene rings is 1. The Morgan fingerprint density at radius 2 is 2.07 bits per heavy atom. The summed E-state index contributed by atoms with van der Waals surface area (Å²) in [6.07, 6.45) is 5.89. The van der Waals surface area contributed by atoms with Gasteiger partial charge >= 0.3 is 0 Å². The number of benzene rings is 1. The number of fused-ring (bicyclic) bond motifs is 1. The minimum Gasteiger partial charge on any atom is -0.416 e. The number of nitrogens with zero attached hydrogens (tertiary/aromatic N) is 3. The highest BCUT2D eigenvalue weighted by atomic mass is 32.2. The summed E-state index contributed by atoms with van der Waals surface area (Å²) in [5.41, 5.74) is 2.84. The molecule has 0 aliphatic heterocycles. The Kier molecular flexibility index (Phi) is 6.50. The van der Waals surface area contributed by atoms with Crippen LogP contribution in [0.4, 0.5) is 5.00 Å². The van der Waals surface area contributed by atoms with Crippen molar-refractivity contribution in [3.63, 3.8) is 0 Å². The lowest BCUT2D eigenvalue weighted by Gasteiger charge is -2.09. The fraction of sp³-hybridized carbons (Fsp3) is 0.364. The van der Waals surface area contributed by atoms with Crippen molar-refractivity contribution in [3.05, 3.63) is 57.8 Å². The monoisotopic (exact) mass is 438 g/mol. The van der Waals surface area contributed by atoms with Crippen LogP contribution in [-0.4, -0.2) is 21.4 Å². The van der Waals surface area contributed by atoms with Crippen molar-refractivity contribution in [2.24, 2.45) is 0 Å². The van der Waals surface area contributed by atoms with Crippen LogP contribution < -0.4 is 5.32 Å². The van der Waals surface area contributed by atoms with Crippen LogP contribution in [-0.2, 0) is 24.1 Å². The fourth-order valence-corrected chi connectivity index (χ4v) is 5.44. The minimum atomic E-state index is -0.427. The van der Waals surface area contributed by atoms with E-state index in [-0.39, 0.29) is 5.91 Å². The molecule has 6 nitrogen and oxygen atoms in total. The number of aromatic nitrogens is 2. The van der Waals surface area contributed by atoms with Crippen molar-refractivity contribution in [3.8, 4) is 6.07 Å². The molecule has 1 aromatic carbocycles. The summed E-state index contributed by atoms with van der Waals surface area (Å²) in [4.78, 5) is 14.0. The number of hydrogen-bond acceptors (Lipinski definition) is 7. The Balaban J connectivity index is 1.40. The number of nitriles is 1. The van der Waals surface area contributed by atoms with Crippen LogP contribution in [0.1, 0.15) is 53.6 Å². The SMILES string of the molecule is C[C@@H](Sc1nnc(Cc2ccccc2)o1)C(=O)Nc1sc2c(c1C#N)CCCCC2. The van der Waals surface area contributed by atoms with Crippen LogP contribution in [0.2, 0.25) is 0 Å². The van der Waals surface area contributed by atoms with Crippen molar-refractivity contribution in [1.82, 2.24) is 10.2 Å². The van der Waals surface area contributed by atoms with Gasteiger partial charge in [-0.15, -0.1) is 21.5 Å². The molecule has 0 bridgehead atoms. The average molecular weight is 439 g/mol. The number of hydrogen-bond donors (Lipinski definition) is 1. The van der Waals surface area contributed by atoms with Gasteiger partial charge in [0.05, 0.1) is 17.2 Å². The molecule has 1 aliphatic rings. The highest BCUT2D eigenvalue weighted by molar-refractivity contribution is 8.00. The van der Waals surface area contributed by atoms with Gasteiger partial charge in [0.2, 0.25) is 11.8 Å². The third kappa shape index (κ3) is 4.74. The van der Waals surface area contributed by atoms with Crippen LogP contribution in [0.25, 0.3) is 0 Å². The van der Waals surface area contributed by atoms with Crippen molar-refractivity contribution in [2.45, 2.75) is 55.9 Å². The first-order valence-electron chi connectivity index (χ1n) is 10.0. The molecule has 1 atom stereocenters. The summed E-state index contributed by atoms with van der Waals surface area (Å²) in [7, 11) is 0. The lowest BCUT2D eigenvalue weighted by Crippen LogP contribution is -2.22. The molecular weight excluding hydrogens is 416 g/mol. The summed E-state index contributed by atoms with van der Waals surface area (Å²) >= 11 is 2.77. The van der Waals surface area contributed by atoms with Gasteiger partial charge in [0.25, 0.3) is 5.22 Å². The van der Waals surface area contributed by atoms with Gasteiger partial charge in [-0.1, -0.05) is 48.5 Å². The van der Waals surface area contributed by atoms with E-state index in [0.717, 1.165) is 36.8 Å². The standard InChI is InChI=1S/C22H22N4O2S2/c1-14(29-22-26-25-19(28-22)12-15-8-4-2-5-9-15)20(27)24-21-17(13-23)16-10-6-3-7-11-18(16)30-21/h2,4-5,8-9,14H,3,6-7,10-12H2,1H3,(H,24,27)/t14-/m1/s1. The summed E-state index contributed by atoms with van der Waals surface area (Å²) in [5, 5.41) is 21.3. The molecule has 4 rings (SSSR count). The zero-order valence-electron chi connectivity index (χ0n) is 16.7. The number of thioether (sulfide) groups is 1. The van der Waals surface area contributed by atoms with Crippen LogP contribution in [0.15, 0.2) is 40.0 Å². The first kappa shape index (κ1) is 20.6. The lowest BCUT2D eigenvalue weighted by molar-refractivity contribution is -0.115. The van der Waals surface area contributed by atoms with E-state index in [1.807, 2.05) is 30.3 Å². The van der Waals surface area contributed by atoms with Crippen molar-refractivity contribution < 1.29 is 9.21 Å². The molecule has 30 heavy (non-hydrogen) atoms. The number of carbonyl (C=O) groups is 1. The lowest BCUT2D eigenvalue weighted by atomic mass is 10.1. The zero-order chi connectivity index (χ0) is 20.9.